The Kier molecular flexibility index (Phi) is 6.60. The number of amides is 2. The summed E-state index contributed by atoms with van der Waals surface area (Å²) in [6.07, 6.45) is 8.14. The number of likely N-dealkylation sites (tertiary alicyclic amines) is 1. The van der Waals surface area contributed by atoms with Crippen LogP contribution in [0.2, 0.25) is 0 Å². The Morgan fingerprint density at radius 3 is 2.50 bits per heavy atom. The van der Waals surface area contributed by atoms with Crippen molar-refractivity contribution < 1.29 is 9.59 Å². The minimum Gasteiger partial charge on any atom is -0.361 e. The van der Waals surface area contributed by atoms with E-state index in [-0.39, 0.29) is 59.5 Å². The highest BCUT2D eigenvalue weighted by Gasteiger charge is 2.58. The predicted molar refractivity (Wildman–Crippen MR) is 136 cm³/mol. The number of halogens is 1. The molecule has 3 aliphatic rings. The maximum absolute atomic E-state index is 12.8. The van der Waals surface area contributed by atoms with Gasteiger partial charge in [0.05, 0.1) is 11.8 Å². The van der Waals surface area contributed by atoms with Crippen molar-refractivity contribution in [3.63, 3.8) is 0 Å². The van der Waals surface area contributed by atoms with E-state index in [1.165, 1.54) is 21.4 Å². The number of hydrogen-bond donors (Lipinski definition) is 3. The lowest BCUT2D eigenvalue weighted by atomic mass is 9.85. The molecular weight excluding hydrogens is 517 g/mol. The van der Waals surface area contributed by atoms with E-state index in [2.05, 4.69) is 64.1 Å². The van der Waals surface area contributed by atoms with Gasteiger partial charge in [-0.15, -0.1) is 24.0 Å². The molecule has 5 rings (SSSR count). The van der Waals surface area contributed by atoms with Gasteiger partial charge in [0.25, 0.3) is 0 Å². The molecule has 1 aliphatic heterocycles. The second-order valence-corrected chi connectivity index (χ2v) is 8.87. The van der Waals surface area contributed by atoms with Crippen LogP contribution in [0.5, 0.6) is 0 Å². The predicted octanol–water partition coefficient (Wildman–Crippen LogP) is 2.61. The molecule has 4 atom stereocenters. The zero-order chi connectivity index (χ0) is 21.5. The second-order valence-electron chi connectivity index (χ2n) is 8.87. The Morgan fingerprint density at radius 1 is 1.12 bits per heavy atom. The lowest BCUT2D eigenvalue weighted by Gasteiger charge is -2.18. The van der Waals surface area contributed by atoms with E-state index in [1.807, 2.05) is 0 Å². The van der Waals surface area contributed by atoms with Gasteiger partial charge in [0.2, 0.25) is 11.8 Å². The molecule has 2 bridgehead atoms. The molecule has 7 nitrogen and oxygen atoms in total. The first-order valence-electron chi connectivity index (χ1n) is 11.1. The summed E-state index contributed by atoms with van der Waals surface area (Å²) in [5.74, 6) is 0.952. The minimum absolute atomic E-state index is 0. The molecule has 1 saturated heterocycles. The van der Waals surface area contributed by atoms with Crippen molar-refractivity contribution in [2.45, 2.75) is 19.8 Å². The summed E-state index contributed by atoms with van der Waals surface area (Å²) in [4.78, 5) is 34.6. The molecule has 4 unspecified atom stereocenters. The van der Waals surface area contributed by atoms with Crippen LogP contribution < -0.4 is 10.6 Å². The smallest absolute Gasteiger partial charge is 0.233 e. The van der Waals surface area contributed by atoms with Crippen molar-refractivity contribution >= 4 is 52.7 Å². The fraction of sp³-hybridized carbons (Fsp3) is 0.458. The monoisotopic (exact) mass is 547 g/mol. The van der Waals surface area contributed by atoms with Gasteiger partial charge in [-0.1, -0.05) is 24.3 Å². The van der Waals surface area contributed by atoms with Crippen LogP contribution in [0.4, 0.5) is 0 Å². The number of aryl methyl sites for hydroxylation is 1. The molecule has 170 valence electrons. The molecule has 2 fully saturated rings. The average molecular weight is 547 g/mol. The number of carbonyl (C=O) groups is 2. The summed E-state index contributed by atoms with van der Waals surface area (Å²) in [5.41, 5.74) is 3.66. The molecule has 1 aromatic carbocycles. The highest BCUT2D eigenvalue weighted by Crippen LogP contribution is 2.52. The third kappa shape index (κ3) is 3.93. The first kappa shape index (κ1) is 22.8. The minimum atomic E-state index is -0.125. The summed E-state index contributed by atoms with van der Waals surface area (Å²) < 4.78 is 0. The van der Waals surface area contributed by atoms with Crippen molar-refractivity contribution in [3.8, 4) is 0 Å². The van der Waals surface area contributed by atoms with E-state index in [0.717, 1.165) is 24.9 Å². The molecule has 2 aromatic rings. The number of aliphatic imine (C=N–C) groups is 1. The van der Waals surface area contributed by atoms with E-state index >= 15 is 0 Å². The largest absolute Gasteiger partial charge is 0.361 e. The highest BCUT2D eigenvalue weighted by atomic mass is 127. The third-order valence-electron chi connectivity index (χ3n) is 7.02. The van der Waals surface area contributed by atoms with Crippen molar-refractivity contribution in [3.05, 3.63) is 47.7 Å². The number of benzene rings is 1. The fourth-order valence-electron chi connectivity index (χ4n) is 5.51. The van der Waals surface area contributed by atoms with Gasteiger partial charge in [-0.3, -0.25) is 19.5 Å². The number of aromatic nitrogens is 1. The molecule has 1 saturated carbocycles. The van der Waals surface area contributed by atoms with E-state index < -0.39 is 0 Å². The first-order chi connectivity index (χ1) is 15.1. The number of imide groups is 1. The van der Waals surface area contributed by atoms with Gasteiger partial charge in [-0.25, -0.2) is 0 Å². The number of nitrogens with zero attached hydrogens (tertiary/aromatic N) is 2. The topological polar surface area (TPSA) is 89.6 Å². The zero-order valence-corrected chi connectivity index (χ0v) is 20.8. The summed E-state index contributed by atoms with van der Waals surface area (Å²) in [5, 5.41) is 7.80. The Bertz CT molecular complexity index is 1060. The Labute approximate surface area is 205 Å². The Morgan fingerprint density at radius 2 is 1.81 bits per heavy atom. The maximum Gasteiger partial charge on any atom is 0.233 e. The summed E-state index contributed by atoms with van der Waals surface area (Å²) >= 11 is 0. The third-order valence-corrected chi connectivity index (χ3v) is 7.02. The quantitative estimate of drug-likeness (QED) is 0.171. The molecule has 1 aromatic heterocycles. The summed E-state index contributed by atoms with van der Waals surface area (Å²) in [6.45, 7) is 3.70. The average Bonchev–Trinajstić information content (AvgIpc) is 3.52. The van der Waals surface area contributed by atoms with Crippen LogP contribution in [-0.2, 0) is 16.0 Å². The standard InChI is InChI=1S/C24H29N5O2.HI/c1-14-3-6-18-17(13-28-19(18)11-14)7-8-26-24(25-2)27-9-10-29-22(30)20-15-4-5-16(12-15)21(20)23(29)31;/h3-6,11,13,15-16,20-21,28H,7-10,12H2,1-2H3,(H2,25,26,27);1H. The van der Waals surface area contributed by atoms with Gasteiger partial charge in [-0.2, -0.15) is 0 Å². The number of carbonyl (C=O) groups excluding carboxylic acids is 2. The number of nitrogens with one attached hydrogen (secondary N) is 3. The first-order valence-corrected chi connectivity index (χ1v) is 11.1. The van der Waals surface area contributed by atoms with E-state index in [1.54, 1.807) is 7.05 Å². The molecule has 3 N–H and O–H groups in total. The van der Waals surface area contributed by atoms with Crippen molar-refractivity contribution in [2.24, 2.45) is 28.7 Å². The lowest BCUT2D eigenvalue weighted by molar-refractivity contribution is -0.140. The van der Waals surface area contributed by atoms with Gasteiger partial charge < -0.3 is 15.6 Å². The van der Waals surface area contributed by atoms with Gasteiger partial charge >= 0.3 is 0 Å². The fourth-order valence-corrected chi connectivity index (χ4v) is 5.51. The normalized spacial score (nSPS) is 26.1. The number of hydrogen-bond acceptors (Lipinski definition) is 3. The van der Waals surface area contributed by atoms with Crippen LogP contribution in [0.3, 0.4) is 0 Å². The van der Waals surface area contributed by atoms with Crippen molar-refractivity contribution in [1.82, 2.24) is 20.5 Å². The van der Waals surface area contributed by atoms with E-state index in [9.17, 15) is 9.59 Å². The molecule has 0 spiro atoms. The number of H-pyrrole nitrogens is 1. The van der Waals surface area contributed by atoms with E-state index in [0.29, 0.717) is 19.0 Å². The van der Waals surface area contributed by atoms with Crippen LogP contribution in [0.1, 0.15) is 17.5 Å². The van der Waals surface area contributed by atoms with Crippen molar-refractivity contribution in [1.29, 1.82) is 0 Å². The molecule has 32 heavy (non-hydrogen) atoms. The Hall–Kier alpha value is -2.36. The van der Waals surface area contributed by atoms with Crippen LogP contribution in [-0.4, -0.2) is 54.3 Å². The molecule has 0 radical (unpaired) electrons. The number of fused-ring (bicyclic) bond motifs is 6. The van der Waals surface area contributed by atoms with Gasteiger partial charge in [0, 0.05) is 43.8 Å². The number of aromatic amines is 1. The van der Waals surface area contributed by atoms with E-state index in [4.69, 9.17) is 0 Å². The number of guanidine groups is 1. The maximum atomic E-state index is 12.8. The van der Waals surface area contributed by atoms with Gasteiger partial charge in [-0.05, 0) is 48.8 Å². The second kappa shape index (κ2) is 9.25. The summed E-state index contributed by atoms with van der Waals surface area (Å²) in [7, 11) is 1.73. The zero-order valence-electron chi connectivity index (χ0n) is 18.4. The lowest BCUT2D eigenvalue weighted by Crippen LogP contribution is -2.44. The SMILES string of the molecule is CN=C(NCCc1c[nH]c2cc(C)ccc12)NCCN1C(=O)C2C3C=CC(C3)C2C1=O.I. The highest BCUT2D eigenvalue weighted by molar-refractivity contribution is 14.0. The van der Waals surface area contributed by atoms with Gasteiger partial charge in [0.15, 0.2) is 5.96 Å². The molecule has 2 aliphatic carbocycles. The summed E-state index contributed by atoms with van der Waals surface area (Å²) in [6, 6.07) is 6.44. The van der Waals surface area contributed by atoms with Crippen LogP contribution in [0.15, 0.2) is 41.5 Å². The van der Waals surface area contributed by atoms with Crippen LogP contribution in [0.25, 0.3) is 10.9 Å². The number of rotatable bonds is 6. The Balaban J connectivity index is 0.00000245. The molecule has 2 amide bonds. The molecular formula is C24H30IN5O2. The number of allylic oxidation sites excluding steroid dienone is 2. The van der Waals surface area contributed by atoms with Crippen LogP contribution >= 0.6 is 24.0 Å². The van der Waals surface area contributed by atoms with Gasteiger partial charge in [0.1, 0.15) is 0 Å². The molecule has 8 heteroatoms. The van der Waals surface area contributed by atoms with Crippen LogP contribution in [0, 0.1) is 30.6 Å². The van der Waals surface area contributed by atoms with Crippen molar-refractivity contribution in [2.75, 3.05) is 26.7 Å². The molecule has 2 heterocycles.